The van der Waals surface area contributed by atoms with Crippen molar-refractivity contribution in [3.05, 3.63) is 30.3 Å². The number of hydrogen-bond donors (Lipinski definition) is 2. The molecular formula is C11H16N2O2. The number of benzene rings is 1. The summed E-state index contributed by atoms with van der Waals surface area (Å²) in [4.78, 5) is 10.9. The number of primary amides is 1. The van der Waals surface area contributed by atoms with Gasteiger partial charge in [-0.25, -0.2) is 0 Å². The average Bonchev–Trinajstić information content (AvgIpc) is 2.19. The van der Waals surface area contributed by atoms with E-state index in [0.29, 0.717) is 13.0 Å². The summed E-state index contributed by atoms with van der Waals surface area (Å²) < 4.78 is 5.40. The van der Waals surface area contributed by atoms with Crippen molar-refractivity contribution in [2.24, 2.45) is 11.5 Å². The van der Waals surface area contributed by atoms with Gasteiger partial charge in [0.2, 0.25) is 5.91 Å². The number of para-hydroxylation sites is 1. The zero-order chi connectivity index (χ0) is 11.3. The number of rotatable bonds is 5. The van der Waals surface area contributed by atoms with Crippen LogP contribution < -0.4 is 16.2 Å². The van der Waals surface area contributed by atoms with E-state index in [1.54, 1.807) is 6.92 Å². The standard InChI is InChI=1S/C11H16N2O2/c1-11(13,10(12)14)7-8-15-9-5-3-2-4-6-9/h2-6H,7-8,13H2,1H3,(H2,12,14). The molecule has 0 saturated carbocycles. The van der Waals surface area contributed by atoms with Gasteiger partial charge in [-0.05, 0) is 19.1 Å². The van der Waals surface area contributed by atoms with E-state index in [1.165, 1.54) is 0 Å². The van der Waals surface area contributed by atoms with Crippen LogP contribution in [0, 0.1) is 0 Å². The first-order valence-electron chi connectivity index (χ1n) is 4.79. The molecule has 0 aliphatic heterocycles. The number of hydrogen-bond acceptors (Lipinski definition) is 3. The van der Waals surface area contributed by atoms with Gasteiger partial charge in [0.05, 0.1) is 12.1 Å². The predicted octanol–water partition coefficient (Wildman–Crippen LogP) is 0.658. The van der Waals surface area contributed by atoms with E-state index in [0.717, 1.165) is 5.75 Å². The van der Waals surface area contributed by atoms with Crippen LogP contribution in [0.5, 0.6) is 5.75 Å². The Morgan fingerprint density at radius 1 is 1.40 bits per heavy atom. The van der Waals surface area contributed by atoms with Crippen molar-refractivity contribution in [2.45, 2.75) is 18.9 Å². The van der Waals surface area contributed by atoms with Crippen LogP contribution in [0.2, 0.25) is 0 Å². The lowest BCUT2D eigenvalue weighted by molar-refractivity contribution is -0.123. The van der Waals surface area contributed by atoms with Crippen molar-refractivity contribution in [3.63, 3.8) is 0 Å². The molecule has 4 N–H and O–H groups in total. The van der Waals surface area contributed by atoms with E-state index >= 15 is 0 Å². The fourth-order valence-corrected chi connectivity index (χ4v) is 1.02. The third-order valence-electron chi connectivity index (χ3n) is 2.20. The topological polar surface area (TPSA) is 78.3 Å². The van der Waals surface area contributed by atoms with Crippen molar-refractivity contribution in [1.82, 2.24) is 0 Å². The molecule has 0 heterocycles. The molecule has 0 aliphatic carbocycles. The molecule has 0 spiro atoms. The summed E-state index contributed by atoms with van der Waals surface area (Å²) in [6, 6.07) is 9.36. The van der Waals surface area contributed by atoms with Crippen molar-refractivity contribution in [3.8, 4) is 5.75 Å². The molecule has 1 aromatic rings. The largest absolute Gasteiger partial charge is 0.494 e. The normalized spacial score (nSPS) is 14.3. The number of carbonyl (C=O) groups is 1. The minimum Gasteiger partial charge on any atom is -0.494 e. The minimum absolute atomic E-state index is 0.375. The third-order valence-corrected chi connectivity index (χ3v) is 2.20. The summed E-state index contributed by atoms with van der Waals surface area (Å²) in [5.74, 6) is 0.247. The Kier molecular flexibility index (Phi) is 3.68. The lowest BCUT2D eigenvalue weighted by Crippen LogP contribution is -2.50. The monoisotopic (exact) mass is 208 g/mol. The second-order valence-corrected chi connectivity index (χ2v) is 3.69. The molecule has 0 saturated heterocycles. The van der Waals surface area contributed by atoms with Gasteiger partial charge in [0.15, 0.2) is 0 Å². The molecule has 82 valence electrons. The Labute approximate surface area is 89.2 Å². The SMILES string of the molecule is CC(N)(CCOc1ccccc1)C(N)=O. The van der Waals surface area contributed by atoms with Crippen molar-refractivity contribution in [2.75, 3.05) is 6.61 Å². The molecule has 4 nitrogen and oxygen atoms in total. The number of carbonyl (C=O) groups excluding carboxylic acids is 1. The molecule has 0 fully saturated rings. The highest BCUT2D eigenvalue weighted by Crippen LogP contribution is 2.11. The van der Waals surface area contributed by atoms with E-state index in [9.17, 15) is 4.79 Å². The quantitative estimate of drug-likeness (QED) is 0.746. The van der Waals surface area contributed by atoms with E-state index in [-0.39, 0.29) is 0 Å². The smallest absolute Gasteiger partial charge is 0.237 e. The summed E-state index contributed by atoms with van der Waals surface area (Å²) >= 11 is 0. The molecule has 0 bridgehead atoms. The second kappa shape index (κ2) is 4.79. The van der Waals surface area contributed by atoms with E-state index in [4.69, 9.17) is 16.2 Å². The summed E-state index contributed by atoms with van der Waals surface area (Å²) in [5, 5.41) is 0. The number of ether oxygens (including phenoxy) is 1. The molecule has 0 radical (unpaired) electrons. The Hall–Kier alpha value is -1.55. The maximum atomic E-state index is 10.9. The van der Waals surface area contributed by atoms with Gasteiger partial charge in [-0.15, -0.1) is 0 Å². The number of nitrogens with two attached hydrogens (primary N) is 2. The van der Waals surface area contributed by atoms with Crippen LogP contribution in [0.25, 0.3) is 0 Å². The highest BCUT2D eigenvalue weighted by molar-refractivity contribution is 5.83. The molecule has 1 amide bonds. The molecule has 0 aliphatic rings. The van der Waals surface area contributed by atoms with Crippen LogP contribution in [-0.2, 0) is 4.79 Å². The summed E-state index contributed by atoms with van der Waals surface area (Å²) in [5.41, 5.74) is 9.79. The maximum Gasteiger partial charge on any atom is 0.237 e. The van der Waals surface area contributed by atoms with Gasteiger partial charge in [-0.3, -0.25) is 4.79 Å². The van der Waals surface area contributed by atoms with Gasteiger partial charge in [0.25, 0.3) is 0 Å². The molecule has 1 unspecified atom stereocenters. The zero-order valence-electron chi connectivity index (χ0n) is 8.77. The van der Waals surface area contributed by atoms with Crippen LogP contribution in [0.15, 0.2) is 30.3 Å². The minimum atomic E-state index is -1.01. The van der Waals surface area contributed by atoms with Crippen LogP contribution in [0.3, 0.4) is 0 Å². The van der Waals surface area contributed by atoms with Gasteiger partial charge in [-0.2, -0.15) is 0 Å². The average molecular weight is 208 g/mol. The predicted molar refractivity (Wildman–Crippen MR) is 58.3 cm³/mol. The lowest BCUT2D eigenvalue weighted by atomic mass is 9.99. The van der Waals surface area contributed by atoms with Gasteiger partial charge in [0, 0.05) is 6.42 Å². The van der Waals surface area contributed by atoms with Gasteiger partial charge >= 0.3 is 0 Å². The Morgan fingerprint density at radius 3 is 2.53 bits per heavy atom. The van der Waals surface area contributed by atoms with Crippen LogP contribution in [0.1, 0.15) is 13.3 Å². The van der Waals surface area contributed by atoms with Crippen molar-refractivity contribution in [1.29, 1.82) is 0 Å². The second-order valence-electron chi connectivity index (χ2n) is 3.69. The highest BCUT2D eigenvalue weighted by atomic mass is 16.5. The molecule has 4 heteroatoms. The van der Waals surface area contributed by atoms with Crippen LogP contribution in [0.4, 0.5) is 0 Å². The summed E-state index contributed by atoms with van der Waals surface area (Å²) in [6.45, 7) is 1.98. The Morgan fingerprint density at radius 2 is 2.00 bits per heavy atom. The Bertz CT molecular complexity index is 323. The summed E-state index contributed by atoms with van der Waals surface area (Å²) in [6.07, 6.45) is 0.400. The number of amides is 1. The zero-order valence-corrected chi connectivity index (χ0v) is 8.77. The highest BCUT2D eigenvalue weighted by Gasteiger charge is 2.25. The summed E-state index contributed by atoms with van der Waals surface area (Å²) in [7, 11) is 0. The van der Waals surface area contributed by atoms with Crippen molar-refractivity contribution >= 4 is 5.91 Å². The van der Waals surface area contributed by atoms with E-state index < -0.39 is 11.4 Å². The maximum absolute atomic E-state index is 10.9. The molecule has 1 rings (SSSR count). The van der Waals surface area contributed by atoms with E-state index in [1.807, 2.05) is 30.3 Å². The van der Waals surface area contributed by atoms with Gasteiger partial charge in [-0.1, -0.05) is 18.2 Å². The first-order chi connectivity index (χ1) is 7.02. The van der Waals surface area contributed by atoms with Gasteiger partial charge in [0.1, 0.15) is 5.75 Å². The fraction of sp³-hybridized carbons (Fsp3) is 0.364. The first kappa shape index (κ1) is 11.5. The van der Waals surface area contributed by atoms with Crippen LogP contribution in [-0.4, -0.2) is 18.1 Å². The molecule has 0 aromatic heterocycles. The van der Waals surface area contributed by atoms with Crippen molar-refractivity contribution < 1.29 is 9.53 Å². The molecule has 1 atom stereocenters. The first-order valence-corrected chi connectivity index (χ1v) is 4.79. The van der Waals surface area contributed by atoms with Gasteiger partial charge < -0.3 is 16.2 Å². The van der Waals surface area contributed by atoms with Crippen LogP contribution >= 0.6 is 0 Å². The Balaban J connectivity index is 2.37. The molecule has 15 heavy (non-hydrogen) atoms. The third kappa shape index (κ3) is 3.59. The lowest BCUT2D eigenvalue weighted by Gasteiger charge is -2.20. The fourth-order valence-electron chi connectivity index (χ4n) is 1.02. The molecular weight excluding hydrogens is 192 g/mol. The van der Waals surface area contributed by atoms with E-state index in [2.05, 4.69) is 0 Å². The molecule has 1 aromatic carbocycles.